The molecule has 1 aromatic heterocycles. The Hall–Kier alpha value is -1.50. The second-order valence-electron chi connectivity index (χ2n) is 1.76. The van der Waals surface area contributed by atoms with Gasteiger partial charge in [-0.1, -0.05) is 13.8 Å². The van der Waals surface area contributed by atoms with Gasteiger partial charge in [0.05, 0.1) is 5.69 Å². The zero-order valence-electron chi connectivity index (χ0n) is 7.30. The topological polar surface area (TPSA) is 49.6 Å². The van der Waals surface area contributed by atoms with Crippen molar-refractivity contribution in [2.45, 2.75) is 20.8 Å². The van der Waals surface area contributed by atoms with Crippen LogP contribution in [0.5, 0.6) is 0 Å². The highest BCUT2D eigenvalue weighted by Crippen LogP contribution is 1.98. The van der Waals surface area contributed by atoms with Crippen LogP contribution in [0, 0.1) is 24.2 Å². The Morgan fingerprint density at radius 3 is 2.50 bits per heavy atom. The van der Waals surface area contributed by atoms with E-state index in [4.69, 9.17) is 5.26 Å². The predicted octanol–water partition coefficient (Wildman–Crippen LogP) is 1.82. The highest BCUT2D eigenvalue weighted by atomic mass is 19.1. The minimum Gasteiger partial charge on any atom is -0.239 e. The summed E-state index contributed by atoms with van der Waals surface area (Å²) >= 11 is 0. The van der Waals surface area contributed by atoms with E-state index >= 15 is 0 Å². The fraction of sp³-hybridized carbons (Fsp3) is 0.375. The summed E-state index contributed by atoms with van der Waals surface area (Å²) in [7, 11) is 0. The summed E-state index contributed by atoms with van der Waals surface area (Å²) in [5.74, 6) is -0.803. The molecule has 0 unspecified atom stereocenters. The highest BCUT2D eigenvalue weighted by molar-refractivity contribution is 5.17. The number of nitriles is 1. The van der Waals surface area contributed by atoms with Crippen LogP contribution in [0.4, 0.5) is 4.39 Å². The molecule has 0 amide bonds. The van der Waals surface area contributed by atoms with Crippen molar-refractivity contribution in [3.05, 3.63) is 23.5 Å². The molecule has 1 heterocycles. The van der Waals surface area contributed by atoms with Gasteiger partial charge in [-0.05, 0) is 6.92 Å². The molecule has 0 radical (unpaired) electrons. The van der Waals surface area contributed by atoms with Crippen LogP contribution < -0.4 is 0 Å². The van der Waals surface area contributed by atoms with Crippen LogP contribution in [0.15, 0.2) is 6.20 Å². The first-order valence-electron chi connectivity index (χ1n) is 3.63. The van der Waals surface area contributed by atoms with E-state index in [0.29, 0.717) is 5.69 Å². The number of rotatable bonds is 0. The van der Waals surface area contributed by atoms with Crippen molar-refractivity contribution in [1.82, 2.24) is 9.97 Å². The van der Waals surface area contributed by atoms with Crippen molar-refractivity contribution >= 4 is 0 Å². The molecule has 3 nitrogen and oxygen atoms in total. The quantitative estimate of drug-likeness (QED) is 0.592. The Balaban J connectivity index is 0.000000561. The zero-order chi connectivity index (χ0) is 9.56. The Morgan fingerprint density at radius 2 is 2.08 bits per heavy atom. The predicted molar refractivity (Wildman–Crippen MR) is 42.8 cm³/mol. The molecule has 0 spiro atoms. The molecule has 4 heteroatoms. The fourth-order valence-corrected chi connectivity index (χ4v) is 0.523. The smallest absolute Gasteiger partial charge is 0.239 e. The molecule has 1 aromatic rings. The first kappa shape index (κ1) is 10.5. The first-order chi connectivity index (χ1) is 5.74. The third kappa shape index (κ3) is 2.62. The van der Waals surface area contributed by atoms with Gasteiger partial charge in [0, 0.05) is 6.20 Å². The molecule has 0 fully saturated rings. The number of aromatic nitrogens is 2. The Kier molecular flexibility index (Phi) is 4.54. The van der Waals surface area contributed by atoms with Gasteiger partial charge in [0.15, 0.2) is 5.69 Å². The Labute approximate surface area is 70.9 Å². The van der Waals surface area contributed by atoms with E-state index in [-0.39, 0.29) is 5.69 Å². The van der Waals surface area contributed by atoms with Gasteiger partial charge in [-0.2, -0.15) is 9.65 Å². The van der Waals surface area contributed by atoms with Gasteiger partial charge in [-0.15, -0.1) is 0 Å². The van der Waals surface area contributed by atoms with Crippen LogP contribution in [-0.2, 0) is 0 Å². The molecule has 0 aliphatic rings. The summed E-state index contributed by atoms with van der Waals surface area (Å²) in [5, 5.41) is 8.22. The van der Waals surface area contributed by atoms with E-state index in [1.165, 1.54) is 6.20 Å². The lowest BCUT2D eigenvalue weighted by Gasteiger charge is -1.90. The molecule has 0 aliphatic carbocycles. The van der Waals surface area contributed by atoms with Crippen LogP contribution in [0.25, 0.3) is 0 Å². The van der Waals surface area contributed by atoms with Gasteiger partial charge >= 0.3 is 0 Å². The summed E-state index contributed by atoms with van der Waals surface area (Å²) < 4.78 is 12.5. The summed E-state index contributed by atoms with van der Waals surface area (Å²) in [4.78, 5) is 6.89. The maximum Gasteiger partial charge on any atom is 0.249 e. The summed E-state index contributed by atoms with van der Waals surface area (Å²) in [6, 6.07) is 1.57. The molecule has 0 aliphatic heterocycles. The molecular weight excluding hydrogens is 157 g/mol. The number of hydrogen-bond donors (Lipinski definition) is 0. The minimum atomic E-state index is -0.803. The van der Waals surface area contributed by atoms with E-state index in [2.05, 4.69) is 9.97 Å². The van der Waals surface area contributed by atoms with Crippen LogP contribution in [0.1, 0.15) is 25.2 Å². The van der Waals surface area contributed by atoms with E-state index in [1.54, 1.807) is 13.0 Å². The Bertz CT molecular complexity index is 291. The number of nitrogens with zero attached hydrogens (tertiary/aromatic N) is 3. The number of aryl methyl sites for hydroxylation is 1. The summed E-state index contributed by atoms with van der Waals surface area (Å²) in [5.41, 5.74) is 0.210. The van der Waals surface area contributed by atoms with E-state index in [1.807, 2.05) is 13.8 Å². The lowest BCUT2D eigenvalue weighted by molar-refractivity contribution is 0.567. The van der Waals surface area contributed by atoms with E-state index in [0.717, 1.165) is 0 Å². The summed E-state index contributed by atoms with van der Waals surface area (Å²) in [6.07, 6.45) is 1.35. The van der Waals surface area contributed by atoms with Crippen molar-refractivity contribution < 1.29 is 4.39 Å². The lowest BCUT2D eigenvalue weighted by atomic mass is 10.4. The summed E-state index contributed by atoms with van der Waals surface area (Å²) in [6.45, 7) is 5.61. The van der Waals surface area contributed by atoms with Gasteiger partial charge in [0.1, 0.15) is 6.07 Å². The van der Waals surface area contributed by atoms with E-state index < -0.39 is 5.95 Å². The molecular formula is C8H10FN3. The maximum absolute atomic E-state index is 12.5. The Morgan fingerprint density at radius 1 is 1.50 bits per heavy atom. The lowest BCUT2D eigenvalue weighted by Crippen LogP contribution is -1.94. The third-order valence-electron chi connectivity index (χ3n) is 0.956. The van der Waals surface area contributed by atoms with Crippen LogP contribution in [0.3, 0.4) is 0 Å². The number of halogens is 1. The average Bonchev–Trinajstić information content (AvgIpc) is 2.08. The van der Waals surface area contributed by atoms with Crippen molar-refractivity contribution in [3.8, 4) is 6.07 Å². The minimum absolute atomic E-state index is 0.259. The molecule has 0 atom stereocenters. The first-order valence-corrected chi connectivity index (χ1v) is 3.63. The molecule has 64 valence electrons. The zero-order valence-corrected chi connectivity index (χ0v) is 7.30. The van der Waals surface area contributed by atoms with Crippen molar-refractivity contribution in [2.24, 2.45) is 0 Å². The largest absolute Gasteiger partial charge is 0.249 e. The molecule has 1 rings (SSSR count). The molecule has 0 saturated carbocycles. The van der Waals surface area contributed by atoms with Crippen LogP contribution >= 0.6 is 0 Å². The molecule has 12 heavy (non-hydrogen) atoms. The average molecular weight is 167 g/mol. The van der Waals surface area contributed by atoms with Crippen molar-refractivity contribution in [2.75, 3.05) is 0 Å². The molecule has 0 bridgehead atoms. The SMILES string of the molecule is CC.Cc1cnc(C#N)c(F)n1. The number of hydrogen-bond acceptors (Lipinski definition) is 3. The van der Waals surface area contributed by atoms with Gasteiger partial charge in [-0.3, -0.25) is 0 Å². The van der Waals surface area contributed by atoms with Gasteiger partial charge in [0.2, 0.25) is 5.95 Å². The maximum atomic E-state index is 12.5. The third-order valence-corrected chi connectivity index (χ3v) is 0.956. The normalized spacial score (nSPS) is 7.92. The molecule has 0 aromatic carbocycles. The second kappa shape index (κ2) is 5.19. The van der Waals surface area contributed by atoms with Crippen molar-refractivity contribution in [3.63, 3.8) is 0 Å². The monoisotopic (exact) mass is 167 g/mol. The molecule has 0 N–H and O–H groups in total. The van der Waals surface area contributed by atoms with Gasteiger partial charge < -0.3 is 0 Å². The molecule has 0 saturated heterocycles. The van der Waals surface area contributed by atoms with Gasteiger partial charge in [0.25, 0.3) is 0 Å². The second-order valence-corrected chi connectivity index (χ2v) is 1.76. The van der Waals surface area contributed by atoms with Crippen LogP contribution in [-0.4, -0.2) is 9.97 Å². The van der Waals surface area contributed by atoms with Crippen molar-refractivity contribution in [1.29, 1.82) is 5.26 Å². The van der Waals surface area contributed by atoms with Gasteiger partial charge in [-0.25, -0.2) is 9.97 Å². The fourth-order valence-electron chi connectivity index (χ4n) is 0.523. The standard InChI is InChI=1S/C6H4FN3.C2H6/c1-4-3-9-5(2-8)6(7)10-4;1-2/h3H,1H3;1-2H3. The van der Waals surface area contributed by atoms with Crippen LogP contribution in [0.2, 0.25) is 0 Å². The van der Waals surface area contributed by atoms with E-state index in [9.17, 15) is 4.39 Å². The highest BCUT2D eigenvalue weighted by Gasteiger charge is 2.01.